The summed E-state index contributed by atoms with van der Waals surface area (Å²) in [5.41, 5.74) is 11.9. The van der Waals surface area contributed by atoms with Gasteiger partial charge in [0.15, 0.2) is 11.5 Å². The van der Waals surface area contributed by atoms with Gasteiger partial charge >= 0.3 is 0 Å². The third kappa shape index (κ3) is 5.04. The van der Waals surface area contributed by atoms with Crippen LogP contribution in [0.3, 0.4) is 0 Å². The van der Waals surface area contributed by atoms with E-state index in [0.717, 1.165) is 22.4 Å². The number of pyridine rings is 2. The Morgan fingerprint density at radius 2 is 1.91 bits per heavy atom. The smallest absolute Gasteiger partial charge is 0.272 e. The fourth-order valence-electron chi connectivity index (χ4n) is 3.49. The zero-order valence-corrected chi connectivity index (χ0v) is 19.0. The second-order valence-electron chi connectivity index (χ2n) is 7.72. The Morgan fingerprint density at radius 1 is 1.15 bits per heavy atom. The molecular formula is C23H24ClN5O4. The molecule has 0 atom stereocenters. The van der Waals surface area contributed by atoms with Gasteiger partial charge in [-0.25, -0.2) is 9.66 Å². The van der Waals surface area contributed by atoms with Crippen LogP contribution in [0.5, 0.6) is 11.5 Å². The third-order valence-electron chi connectivity index (χ3n) is 5.44. The minimum absolute atomic E-state index is 0.0422. The number of hydrogen-bond acceptors (Lipinski definition) is 7. The predicted molar refractivity (Wildman–Crippen MR) is 125 cm³/mol. The van der Waals surface area contributed by atoms with Crippen LogP contribution in [-0.2, 0) is 24.3 Å². The number of benzene rings is 1. The van der Waals surface area contributed by atoms with E-state index < -0.39 is 0 Å². The van der Waals surface area contributed by atoms with Gasteiger partial charge in [-0.05, 0) is 48.7 Å². The maximum absolute atomic E-state index is 13.0. The van der Waals surface area contributed by atoms with Gasteiger partial charge in [0.25, 0.3) is 5.56 Å². The summed E-state index contributed by atoms with van der Waals surface area (Å²) in [4.78, 5) is 29.7. The number of halogens is 1. The molecular weight excluding hydrogens is 446 g/mol. The van der Waals surface area contributed by atoms with Gasteiger partial charge in [-0.1, -0.05) is 17.7 Å². The summed E-state index contributed by atoms with van der Waals surface area (Å²) < 4.78 is 12.0. The normalized spacial score (nSPS) is 12.0. The van der Waals surface area contributed by atoms with E-state index in [4.69, 9.17) is 26.8 Å². The van der Waals surface area contributed by atoms with Crippen molar-refractivity contribution in [2.24, 2.45) is 0 Å². The Kier molecular flexibility index (Phi) is 6.41. The molecule has 4 N–H and O–H groups in total. The minimum atomic E-state index is -0.299. The number of amides is 1. The molecule has 3 aromatic rings. The van der Waals surface area contributed by atoms with E-state index in [9.17, 15) is 9.59 Å². The number of nitrogens with zero attached hydrogens (tertiary/aromatic N) is 2. The Bertz CT molecular complexity index is 1270. The third-order valence-corrected chi connectivity index (χ3v) is 5.79. The molecule has 0 bridgehead atoms. The summed E-state index contributed by atoms with van der Waals surface area (Å²) in [6, 6.07) is 8.76. The van der Waals surface area contributed by atoms with Crippen molar-refractivity contribution in [2.75, 3.05) is 18.0 Å². The second kappa shape index (κ2) is 9.41. The van der Waals surface area contributed by atoms with E-state index in [0.29, 0.717) is 34.4 Å². The molecule has 33 heavy (non-hydrogen) atoms. The van der Waals surface area contributed by atoms with Gasteiger partial charge in [-0.2, -0.15) is 0 Å². The molecule has 1 aromatic carbocycles. The maximum atomic E-state index is 13.0. The number of rotatable bonds is 7. The molecule has 4 rings (SSSR count). The highest BCUT2D eigenvalue weighted by Crippen LogP contribution is 2.36. The molecule has 1 amide bonds. The molecule has 172 valence electrons. The van der Waals surface area contributed by atoms with E-state index in [-0.39, 0.29) is 31.2 Å². The van der Waals surface area contributed by atoms with Gasteiger partial charge in [0.1, 0.15) is 5.82 Å². The lowest BCUT2D eigenvalue weighted by Crippen LogP contribution is -2.34. The minimum Gasteiger partial charge on any atom is -0.454 e. The number of aryl methyl sites for hydroxylation is 2. The first kappa shape index (κ1) is 22.5. The summed E-state index contributed by atoms with van der Waals surface area (Å²) in [5.74, 6) is 1.37. The van der Waals surface area contributed by atoms with Gasteiger partial charge in [-0.3, -0.25) is 9.59 Å². The van der Waals surface area contributed by atoms with Crippen LogP contribution in [0, 0.1) is 13.8 Å². The highest BCUT2D eigenvalue weighted by molar-refractivity contribution is 6.31. The van der Waals surface area contributed by atoms with E-state index in [1.54, 1.807) is 37.4 Å². The van der Waals surface area contributed by atoms with E-state index in [2.05, 4.69) is 15.7 Å². The molecule has 3 heterocycles. The first-order chi connectivity index (χ1) is 15.8. The standard InChI is InChI=1S/C23H24ClN5O4/c1-13-5-6-29(27-11-16-7-19-20(9-18(16)24)33-12-32-19)23(31)17(13)8-22(30)26-10-15-3-4-21(25)28-14(15)2/h3-7,9,27H,8,10-12H2,1-2H3,(H2,25,28)(H,26,30). The van der Waals surface area contributed by atoms with Crippen LogP contribution in [0.25, 0.3) is 0 Å². The van der Waals surface area contributed by atoms with Crippen molar-refractivity contribution in [1.82, 2.24) is 15.0 Å². The molecule has 9 nitrogen and oxygen atoms in total. The summed E-state index contributed by atoms with van der Waals surface area (Å²) in [6.45, 7) is 4.37. The van der Waals surface area contributed by atoms with Crippen molar-refractivity contribution in [3.63, 3.8) is 0 Å². The number of ether oxygens (including phenoxy) is 2. The maximum Gasteiger partial charge on any atom is 0.272 e. The van der Waals surface area contributed by atoms with Gasteiger partial charge in [0.05, 0.1) is 13.0 Å². The lowest BCUT2D eigenvalue weighted by atomic mass is 10.1. The van der Waals surface area contributed by atoms with Crippen molar-refractivity contribution >= 4 is 23.3 Å². The molecule has 10 heteroatoms. The summed E-state index contributed by atoms with van der Waals surface area (Å²) in [7, 11) is 0. The first-order valence-electron chi connectivity index (χ1n) is 10.3. The van der Waals surface area contributed by atoms with Crippen LogP contribution >= 0.6 is 11.6 Å². The molecule has 0 fully saturated rings. The van der Waals surface area contributed by atoms with Gasteiger partial charge in [0.2, 0.25) is 12.7 Å². The Hall–Kier alpha value is -3.72. The SMILES string of the molecule is Cc1ccn(NCc2cc3c(cc2Cl)OCO3)c(=O)c1CC(=O)NCc1ccc(N)nc1C. The molecule has 0 unspecified atom stereocenters. The lowest BCUT2D eigenvalue weighted by Gasteiger charge is -2.14. The molecule has 0 saturated heterocycles. The van der Waals surface area contributed by atoms with Crippen LogP contribution in [0.1, 0.15) is 27.9 Å². The van der Waals surface area contributed by atoms with Crippen molar-refractivity contribution in [1.29, 1.82) is 0 Å². The number of hydrogen-bond donors (Lipinski definition) is 3. The highest BCUT2D eigenvalue weighted by atomic mass is 35.5. The van der Waals surface area contributed by atoms with E-state index in [1.807, 2.05) is 13.0 Å². The molecule has 0 saturated carbocycles. The van der Waals surface area contributed by atoms with Crippen molar-refractivity contribution < 1.29 is 14.3 Å². The van der Waals surface area contributed by atoms with Crippen molar-refractivity contribution in [3.05, 3.63) is 79.9 Å². The summed E-state index contributed by atoms with van der Waals surface area (Å²) in [5, 5.41) is 3.34. The number of fused-ring (bicyclic) bond motifs is 1. The van der Waals surface area contributed by atoms with Crippen molar-refractivity contribution in [3.8, 4) is 11.5 Å². The number of carbonyl (C=O) groups excluding carboxylic acids is 1. The average Bonchev–Trinajstić information content (AvgIpc) is 3.22. The Labute approximate surface area is 195 Å². The van der Waals surface area contributed by atoms with Crippen molar-refractivity contribution in [2.45, 2.75) is 33.4 Å². The van der Waals surface area contributed by atoms with Crippen LogP contribution in [-0.4, -0.2) is 22.4 Å². The topological polar surface area (TPSA) is 120 Å². The van der Waals surface area contributed by atoms with Crippen LogP contribution < -0.4 is 31.5 Å². The van der Waals surface area contributed by atoms with Crippen LogP contribution in [0.2, 0.25) is 5.02 Å². The molecule has 1 aliphatic heterocycles. The first-order valence-corrected chi connectivity index (χ1v) is 10.7. The number of anilines is 1. The summed E-state index contributed by atoms with van der Waals surface area (Å²) >= 11 is 6.32. The molecule has 1 aliphatic rings. The predicted octanol–water partition coefficient (Wildman–Crippen LogP) is 2.43. The number of nitrogens with two attached hydrogens (primary N) is 1. The van der Waals surface area contributed by atoms with Crippen LogP contribution in [0.4, 0.5) is 5.82 Å². The quantitative estimate of drug-likeness (QED) is 0.486. The molecule has 0 spiro atoms. The fraction of sp³-hybridized carbons (Fsp3) is 0.261. The number of carbonyl (C=O) groups is 1. The van der Waals surface area contributed by atoms with Gasteiger partial charge < -0.3 is 25.9 Å². The largest absolute Gasteiger partial charge is 0.454 e. The number of nitrogens with one attached hydrogen (secondary N) is 2. The fourth-order valence-corrected chi connectivity index (χ4v) is 3.71. The molecule has 0 radical (unpaired) electrons. The van der Waals surface area contributed by atoms with Gasteiger partial charge in [-0.15, -0.1) is 0 Å². The molecule has 0 aliphatic carbocycles. The van der Waals surface area contributed by atoms with E-state index >= 15 is 0 Å². The van der Waals surface area contributed by atoms with E-state index in [1.165, 1.54) is 4.68 Å². The second-order valence-corrected chi connectivity index (χ2v) is 8.13. The number of aromatic nitrogens is 2. The highest BCUT2D eigenvalue weighted by Gasteiger charge is 2.17. The lowest BCUT2D eigenvalue weighted by molar-refractivity contribution is -0.120. The zero-order valence-electron chi connectivity index (χ0n) is 18.3. The zero-order chi connectivity index (χ0) is 23.5. The average molecular weight is 470 g/mol. The Balaban J connectivity index is 1.43. The Morgan fingerprint density at radius 3 is 2.67 bits per heavy atom. The van der Waals surface area contributed by atoms with Gasteiger partial charge in [0, 0.05) is 35.1 Å². The molecule has 2 aromatic heterocycles. The summed E-state index contributed by atoms with van der Waals surface area (Å²) in [6.07, 6.45) is 1.59. The van der Waals surface area contributed by atoms with Crippen LogP contribution in [0.15, 0.2) is 41.3 Å². The monoisotopic (exact) mass is 469 g/mol. The number of nitrogen functional groups attached to an aromatic ring is 1.